The fourth-order valence-corrected chi connectivity index (χ4v) is 2.92. The summed E-state index contributed by atoms with van der Waals surface area (Å²) in [4.78, 5) is 25.2. The van der Waals surface area contributed by atoms with Crippen molar-refractivity contribution in [2.75, 3.05) is 5.32 Å². The van der Waals surface area contributed by atoms with Crippen LogP contribution in [0.4, 0.5) is 19.3 Å². The van der Waals surface area contributed by atoms with E-state index < -0.39 is 23.7 Å². The first-order valence-electron chi connectivity index (χ1n) is 8.66. The topological polar surface area (TPSA) is 68.1 Å². The molecule has 0 saturated carbocycles. The smallest absolute Gasteiger partial charge is 0.319 e. The fourth-order valence-electron chi connectivity index (χ4n) is 2.92. The van der Waals surface area contributed by atoms with Crippen LogP contribution < -0.4 is 16.2 Å². The Morgan fingerprint density at radius 3 is 2.39 bits per heavy atom. The number of amides is 2. The summed E-state index contributed by atoms with van der Waals surface area (Å²) in [6.07, 6.45) is 0. The molecule has 1 heterocycles. The van der Waals surface area contributed by atoms with E-state index in [0.29, 0.717) is 16.9 Å². The number of nitrogens with one attached hydrogen (secondary N) is 2. The van der Waals surface area contributed by atoms with Crippen LogP contribution in [0.3, 0.4) is 0 Å². The average molecular weight is 386 g/mol. The molecule has 0 saturated heterocycles. The van der Waals surface area contributed by atoms with Crippen molar-refractivity contribution in [2.24, 2.45) is 7.05 Å². The van der Waals surface area contributed by atoms with E-state index in [1.807, 2.05) is 18.2 Å². The largest absolute Gasteiger partial charge is 0.331 e. The van der Waals surface area contributed by atoms with Crippen molar-refractivity contribution in [1.29, 1.82) is 0 Å². The molecule has 3 aromatic rings. The summed E-state index contributed by atoms with van der Waals surface area (Å²) < 4.78 is 29.5. The molecule has 28 heavy (non-hydrogen) atoms. The summed E-state index contributed by atoms with van der Waals surface area (Å²) in [6.45, 7) is 3.35. The van der Waals surface area contributed by atoms with Crippen LogP contribution in [-0.2, 0) is 7.05 Å². The molecule has 1 aromatic heterocycles. The van der Waals surface area contributed by atoms with Crippen LogP contribution in [0.15, 0.2) is 53.3 Å². The molecule has 3 rings (SSSR count). The van der Waals surface area contributed by atoms with E-state index in [9.17, 15) is 18.4 Å². The Kier molecular flexibility index (Phi) is 5.30. The SMILES string of the molecule is Cc1c(NC(=O)N[C@H](C)c2ccc(F)c(F)c2)c(=O)n(-c2ccccc2)n1C. The van der Waals surface area contributed by atoms with E-state index in [2.05, 4.69) is 10.6 Å². The van der Waals surface area contributed by atoms with Gasteiger partial charge >= 0.3 is 6.03 Å². The molecule has 2 amide bonds. The van der Waals surface area contributed by atoms with E-state index in [0.717, 1.165) is 12.1 Å². The Hall–Kier alpha value is -3.42. The number of carbonyl (C=O) groups is 1. The van der Waals surface area contributed by atoms with E-state index >= 15 is 0 Å². The highest BCUT2D eigenvalue weighted by Gasteiger charge is 2.19. The highest BCUT2D eigenvalue weighted by Crippen LogP contribution is 2.17. The maximum atomic E-state index is 13.4. The van der Waals surface area contributed by atoms with Crippen molar-refractivity contribution in [1.82, 2.24) is 14.7 Å². The minimum Gasteiger partial charge on any atom is -0.331 e. The standard InChI is InChI=1S/C20H20F2N4O2/c1-12(14-9-10-16(21)17(22)11-14)23-20(28)24-18-13(2)25(3)26(19(18)27)15-7-5-4-6-8-15/h4-12H,1-3H3,(H2,23,24,28)/t12-/m1/s1. The van der Waals surface area contributed by atoms with Gasteiger partial charge in [-0.25, -0.2) is 18.3 Å². The Balaban J connectivity index is 1.81. The van der Waals surface area contributed by atoms with E-state index in [1.54, 1.807) is 37.7 Å². The molecule has 6 nitrogen and oxygen atoms in total. The highest BCUT2D eigenvalue weighted by atomic mass is 19.2. The minimum absolute atomic E-state index is 0.140. The maximum Gasteiger partial charge on any atom is 0.319 e. The van der Waals surface area contributed by atoms with Crippen molar-refractivity contribution in [2.45, 2.75) is 19.9 Å². The molecule has 0 aliphatic rings. The van der Waals surface area contributed by atoms with Gasteiger partial charge in [0.2, 0.25) is 0 Å². The number of nitrogens with zero attached hydrogens (tertiary/aromatic N) is 2. The first-order valence-corrected chi connectivity index (χ1v) is 8.66. The number of rotatable bonds is 4. The molecule has 0 bridgehead atoms. The lowest BCUT2D eigenvalue weighted by atomic mass is 10.1. The number of para-hydroxylation sites is 1. The monoisotopic (exact) mass is 386 g/mol. The summed E-state index contributed by atoms with van der Waals surface area (Å²) in [7, 11) is 1.72. The van der Waals surface area contributed by atoms with Crippen molar-refractivity contribution < 1.29 is 13.6 Å². The molecule has 0 unspecified atom stereocenters. The summed E-state index contributed by atoms with van der Waals surface area (Å²) >= 11 is 0. The van der Waals surface area contributed by atoms with Gasteiger partial charge in [-0.1, -0.05) is 24.3 Å². The zero-order chi connectivity index (χ0) is 20.4. The molecule has 2 aromatic carbocycles. The summed E-state index contributed by atoms with van der Waals surface area (Å²) in [5.41, 5.74) is 1.41. The van der Waals surface area contributed by atoms with Crippen molar-refractivity contribution in [3.8, 4) is 5.69 Å². The zero-order valence-corrected chi connectivity index (χ0v) is 15.7. The number of benzene rings is 2. The molecule has 0 aliphatic carbocycles. The molecule has 0 spiro atoms. The van der Waals surface area contributed by atoms with Gasteiger partial charge in [0.05, 0.1) is 17.4 Å². The second-order valence-corrected chi connectivity index (χ2v) is 6.43. The first-order chi connectivity index (χ1) is 13.3. The Bertz CT molecular complexity index is 1070. The van der Waals surface area contributed by atoms with Crippen LogP contribution >= 0.6 is 0 Å². The lowest BCUT2D eigenvalue weighted by Crippen LogP contribution is -2.33. The van der Waals surface area contributed by atoms with Crippen LogP contribution in [0.25, 0.3) is 5.69 Å². The van der Waals surface area contributed by atoms with E-state index in [1.165, 1.54) is 10.7 Å². The Morgan fingerprint density at radius 2 is 1.75 bits per heavy atom. The molecule has 146 valence electrons. The van der Waals surface area contributed by atoms with Crippen LogP contribution in [0.5, 0.6) is 0 Å². The van der Waals surface area contributed by atoms with E-state index in [-0.39, 0.29) is 11.2 Å². The van der Waals surface area contributed by atoms with Gasteiger partial charge in [-0.3, -0.25) is 9.48 Å². The van der Waals surface area contributed by atoms with Gasteiger partial charge in [0.1, 0.15) is 5.69 Å². The van der Waals surface area contributed by atoms with Crippen molar-refractivity contribution in [3.05, 3.63) is 81.8 Å². The normalized spacial score (nSPS) is 11.9. The lowest BCUT2D eigenvalue weighted by molar-refractivity contribution is 0.249. The molecular formula is C20H20F2N4O2. The van der Waals surface area contributed by atoms with Gasteiger partial charge in [0.25, 0.3) is 5.56 Å². The van der Waals surface area contributed by atoms with Crippen LogP contribution in [0.1, 0.15) is 24.2 Å². The quantitative estimate of drug-likeness (QED) is 0.719. The average Bonchev–Trinajstić information content (AvgIpc) is 2.88. The summed E-state index contributed by atoms with van der Waals surface area (Å²) in [5, 5.41) is 5.18. The van der Waals surface area contributed by atoms with Crippen LogP contribution in [-0.4, -0.2) is 15.4 Å². The summed E-state index contributed by atoms with van der Waals surface area (Å²) in [5.74, 6) is -1.95. The zero-order valence-electron chi connectivity index (χ0n) is 15.7. The molecule has 0 fully saturated rings. The van der Waals surface area contributed by atoms with Gasteiger partial charge in [0.15, 0.2) is 11.6 Å². The van der Waals surface area contributed by atoms with Gasteiger partial charge < -0.3 is 10.6 Å². The molecule has 2 N–H and O–H groups in total. The van der Waals surface area contributed by atoms with Gasteiger partial charge in [-0.15, -0.1) is 0 Å². The van der Waals surface area contributed by atoms with Crippen LogP contribution in [0, 0.1) is 18.6 Å². The number of carbonyl (C=O) groups excluding carboxylic acids is 1. The number of halogens is 2. The molecule has 0 aliphatic heterocycles. The number of aromatic nitrogens is 2. The number of hydrogen-bond acceptors (Lipinski definition) is 2. The second kappa shape index (κ2) is 7.67. The van der Waals surface area contributed by atoms with Crippen molar-refractivity contribution >= 4 is 11.7 Å². The lowest BCUT2D eigenvalue weighted by Gasteiger charge is -2.15. The first kappa shape index (κ1) is 19.3. The number of hydrogen-bond donors (Lipinski definition) is 2. The predicted molar refractivity (Wildman–Crippen MR) is 103 cm³/mol. The highest BCUT2D eigenvalue weighted by molar-refractivity contribution is 5.90. The third kappa shape index (κ3) is 3.66. The molecule has 8 heteroatoms. The maximum absolute atomic E-state index is 13.4. The van der Waals surface area contributed by atoms with Gasteiger partial charge in [0, 0.05) is 7.05 Å². The van der Waals surface area contributed by atoms with Gasteiger partial charge in [-0.05, 0) is 43.7 Å². The van der Waals surface area contributed by atoms with Crippen LogP contribution in [0.2, 0.25) is 0 Å². The third-order valence-corrected chi connectivity index (χ3v) is 4.58. The Morgan fingerprint density at radius 1 is 1.07 bits per heavy atom. The number of urea groups is 1. The fraction of sp³-hybridized carbons (Fsp3) is 0.200. The predicted octanol–water partition coefficient (Wildman–Crippen LogP) is 3.65. The van der Waals surface area contributed by atoms with Crippen molar-refractivity contribution in [3.63, 3.8) is 0 Å². The summed E-state index contributed by atoms with van der Waals surface area (Å²) in [6, 6.07) is 11.2. The van der Waals surface area contributed by atoms with Gasteiger partial charge in [-0.2, -0.15) is 0 Å². The number of anilines is 1. The molecular weight excluding hydrogens is 366 g/mol. The molecule has 0 radical (unpaired) electrons. The minimum atomic E-state index is -0.990. The third-order valence-electron chi connectivity index (χ3n) is 4.58. The second-order valence-electron chi connectivity index (χ2n) is 6.43. The Labute approximate surface area is 160 Å². The molecule has 1 atom stereocenters. The van der Waals surface area contributed by atoms with E-state index in [4.69, 9.17) is 0 Å².